The van der Waals surface area contributed by atoms with Gasteiger partial charge in [0.25, 0.3) is 0 Å². The number of methoxy groups -OCH3 is 1. The normalized spacial score (nSPS) is 11.0. The van der Waals surface area contributed by atoms with Crippen LogP contribution in [0.15, 0.2) is 71.3 Å². The summed E-state index contributed by atoms with van der Waals surface area (Å²) in [7, 11) is 1.69. The highest BCUT2D eigenvalue weighted by molar-refractivity contribution is 7.99. The molecule has 0 N–H and O–H groups in total. The topological polar surface area (TPSA) is 35.0 Å². The molecule has 0 saturated heterocycles. The van der Waals surface area contributed by atoms with E-state index in [1.807, 2.05) is 23.9 Å². The van der Waals surface area contributed by atoms with Crippen LogP contribution in [0.25, 0.3) is 21.3 Å². The van der Waals surface area contributed by atoms with Crippen molar-refractivity contribution in [3.63, 3.8) is 0 Å². The van der Waals surface area contributed by atoms with Gasteiger partial charge in [-0.2, -0.15) is 0 Å². The third-order valence-corrected chi connectivity index (χ3v) is 6.39. The number of thioether (sulfide) groups is 1. The number of ether oxygens (including phenoxy) is 1. The van der Waals surface area contributed by atoms with Gasteiger partial charge in [-0.3, -0.25) is 0 Å². The number of fused-ring (bicyclic) bond motifs is 1. The molecule has 0 aliphatic heterocycles. The molecule has 0 aliphatic carbocycles. The molecular formula is C22H20N2OS2. The summed E-state index contributed by atoms with van der Waals surface area (Å²) in [5.74, 6) is 1.91. The molecule has 0 saturated carbocycles. The average molecular weight is 393 g/mol. The van der Waals surface area contributed by atoms with Crippen LogP contribution in [-0.2, 0) is 6.42 Å². The molecule has 4 aromatic rings. The van der Waals surface area contributed by atoms with Crippen LogP contribution >= 0.6 is 23.1 Å². The van der Waals surface area contributed by atoms with Gasteiger partial charge in [-0.25, -0.2) is 9.97 Å². The van der Waals surface area contributed by atoms with E-state index in [1.165, 1.54) is 16.7 Å². The second kappa shape index (κ2) is 8.55. The Hall–Kier alpha value is -2.37. The van der Waals surface area contributed by atoms with Gasteiger partial charge in [0.1, 0.15) is 21.9 Å². The fraction of sp³-hybridized carbons (Fsp3) is 0.182. The average Bonchev–Trinajstić information content (AvgIpc) is 3.17. The van der Waals surface area contributed by atoms with Gasteiger partial charge in [0.05, 0.1) is 12.5 Å². The van der Waals surface area contributed by atoms with Crippen molar-refractivity contribution >= 4 is 33.3 Å². The molecule has 0 spiro atoms. The molecule has 0 aliphatic rings. The molecule has 0 radical (unpaired) electrons. The minimum absolute atomic E-state index is 0.866. The zero-order valence-corrected chi connectivity index (χ0v) is 16.7. The quantitative estimate of drug-likeness (QED) is 0.216. The lowest BCUT2D eigenvalue weighted by Gasteiger charge is -2.06. The summed E-state index contributed by atoms with van der Waals surface area (Å²) >= 11 is 3.49. The molecule has 0 amide bonds. The predicted octanol–water partition coefficient (Wildman–Crippen LogP) is 6.09. The van der Waals surface area contributed by atoms with Crippen molar-refractivity contribution in [3.05, 3.63) is 71.9 Å². The fourth-order valence-electron chi connectivity index (χ4n) is 3.03. The van der Waals surface area contributed by atoms with Crippen molar-refractivity contribution in [1.29, 1.82) is 0 Å². The molecule has 5 heteroatoms. The summed E-state index contributed by atoms with van der Waals surface area (Å²) in [5, 5.41) is 4.41. The van der Waals surface area contributed by atoms with Gasteiger partial charge in [-0.05, 0) is 41.9 Å². The first-order valence-electron chi connectivity index (χ1n) is 8.88. The first-order chi connectivity index (χ1) is 13.3. The van der Waals surface area contributed by atoms with Gasteiger partial charge in [0, 0.05) is 10.9 Å². The van der Waals surface area contributed by atoms with E-state index < -0.39 is 0 Å². The van der Waals surface area contributed by atoms with E-state index >= 15 is 0 Å². The molecule has 0 bridgehead atoms. The Morgan fingerprint density at radius 2 is 1.81 bits per heavy atom. The van der Waals surface area contributed by atoms with Gasteiger partial charge in [0.15, 0.2) is 0 Å². The highest BCUT2D eigenvalue weighted by Gasteiger charge is 2.13. The van der Waals surface area contributed by atoms with Crippen LogP contribution < -0.4 is 4.74 Å². The van der Waals surface area contributed by atoms with Crippen LogP contribution in [0, 0.1) is 0 Å². The van der Waals surface area contributed by atoms with Crippen molar-refractivity contribution in [2.75, 3.05) is 12.9 Å². The van der Waals surface area contributed by atoms with Gasteiger partial charge in [-0.15, -0.1) is 23.1 Å². The maximum Gasteiger partial charge on any atom is 0.128 e. The Morgan fingerprint density at radius 3 is 2.59 bits per heavy atom. The minimum Gasteiger partial charge on any atom is -0.497 e. The van der Waals surface area contributed by atoms with Crippen molar-refractivity contribution in [1.82, 2.24) is 9.97 Å². The molecular weight excluding hydrogens is 372 g/mol. The first-order valence-corrected chi connectivity index (χ1v) is 10.7. The summed E-state index contributed by atoms with van der Waals surface area (Å²) in [6, 6.07) is 18.8. The number of thiophene rings is 1. The van der Waals surface area contributed by atoms with E-state index in [1.54, 1.807) is 24.8 Å². The van der Waals surface area contributed by atoms with Crippen LogP contribution in [0.5, 0.6) is 5.75 Å². The van der Waals surface area contributed by atoms with Gasteiger partial charge in [0.2, 0.25) is 0 Å². The lowest BCUT2D eigenvalue weighted by molar-refractivity contribution is 0.415. The molecule has 0 unspecified atom stereocenters. The van der Waals surface area contributed by atoms with E-state index in [0.29, 0.717) is 0 Å². The fourth-order valence-corrected chi connectivity index (χ4v) is 4.97. The summed E-state index contributed by atoms with van der Waals surface area (Å²) in [6.07, 6.45) is 3.90. The minimum atomic E-state index is 0.866. The number of nitrogens with zero attached hydrogens (tertiary/aromatic N) is 2. The number of rotatable bonds is 7. The third-order valence-electron chi connectivity index (χ3n) is 4.43. The number of aryl methyl sites for hydroxylation is 1. The number of hydrogen-bond acceptors (Lipinski definition) is 5. The predicted molar refractivity (Wildman–Crippen MR) is 115 cm³/mol. The van der Waals surface area contributed by atoms with E-state index in [0.717, 1.165) is 39.6 Å². The standard InChI is InChI=1S/C22H20N2OS2/c1-25-18-11-9-17(10-12-18)19-14-27-22-20(19)21(23-15-24-22)26-13-5-8-16-6-3-2-4-7-16/h2-4,6-7,9-12,14-15H,5,8,13H2,1H3. The highest BCUT2D eigenvalue weighted by atomic mass is 32.2. The lowest BCUT2D eigenvalue weighted by Crippen LogP contribution is -1.90. The molecule has 0 fully saturated rings. The van der Waals surface area contributed by atoms with E-state index in [-0.39, 0.29) is 0 Å². The van der Waals surface area contributed by atoms with Gasteiger partial charge < -0.3 is 4.74 Å². The Morgan fingerprint density at radius 1 is 1.00 bits per heavy atom. The summed E-state index contributed by atoms with van der Waals surface area (Å²) < 4.78 is 5.27. The lowest BCUT2D eigenvalue weighted by atomic mass is 10.1. The Labute approximate surface area is 167 Å². The second-order valence-corrected chi connectivity index (χ2v) is 8.12. The Bertz CT molecular complexity index is 1010. The molecule has 3 nitrogen and oxygen atoms in total. The zero-order chi connectivity index (χ0) is 18.5. The van der Waals surface area contributed by atoms with E-state index in [2.05, 4.69) is 57.8 Å². The highest BCUT2D eigenvalue weighted by Crippen LogP contribution is 2.38. The molecule has 27 heavy (non-hydrogen) atoms. The SMILES string of the molecule is COc1ccc(-c2csc3ncnc(SCCCc4ccccc4)c23)cc1. The van der Waals surface area contributed by atoms with Crippen molar-refractivity contribution in [2.24, 2.45) is 0 Å². The smallest absolute Gasteiger partial charge is 0.128 e. The molecule has 4 rings (SSSR count). The molecule has 2 aromatic carbocycles. The molecule has 0 atom stereocenters. The van der Waals surface area contributed by atoms with Crippen LogP contribution in [0.3, 0.4) is 0 Å². The number of benzene rings is 2. The summed E-state index contributed by atoms with van der Waals surface area (Å²) in [5.41, 5.74) is 3.76. The van der Waals surface area contributed by atoms with Gasteiger partial charge in [-0.1, -0.05) is 42.5 Å². The van der Waals surface area contributed by atoms with Crippen molar-refractivity contribution < 1.29 is 4.74 Å². The summed E-state index contributed by atoms with van der Waals surface area (Å²) in [4.78, 5) is 10.1. The third kappa shape index (κ3) is 4.15. The number of hydrogen-bond donors (Lipinski definition) is 0. The molecule has 136 valence electrons. The van der Waals surface area contributed by atoms with Crippen molar-refractivity contribution in [2.45, 2.75) is 17.9 Å². The summed E-state index contributed by atoms with van der Waals surface area (Å²) in [6.45, 7) is 0. The van der Waals surface area contributed by atoms with Crippen molar-refractivity contribution in [3.8, 4) is 16.9 Å². The van der Waals surface area contributed by atoms with Crippen LogP contribution in [-0.4, -0.2) is 22.8 Å². The second-order valence-electron chi connectivity index (χ2n) is 6.17. The Balaban J connectivity index is 1.53. The Kier molecular flexibility index (Phi) is 5.70. The largest absolute Gasteiger partial charge is 0.497 e. The molecule has 2 aromatic heterocycles. The zero-order valence-electron chi connectivity index (χ0n) is 15.1. The monoisotopic (exact) mass is 392 g/mol. The van der Waals surface area contributed by atoms with E-state index in [4.69, 9.17) is 4.74 Å². The number of aromatic nitrogens is 2. The van der Waals surface area contributed by atoms with Crippen LogP contribution in [0.4, 0.5) is 0 Å². The molecule has 2 heterocycles. The van der Waals surface area contributed by atoms with E-state index in [9.17, 15) is 0 Å². The van der Waals surface area contributed by atoms with Gasteiger partial charge >= 0.3 is 0 Å². The maximum atomic E-state index is 5.27. The van der Waals surface area contributed by atoms with Crippen LogP contribution in [0.1, 0.15) is 12.0 Å². The van der Waals surface area contributed by atoms with Crippen LogP contribution in [0.2, 0.25) is 0 Å². The maximum absolute atomic E-state index is 5.27. The first kappa shape index (κ1) is 18.0.